The molecule has 0 spiro atoms. The van der Waals surface area contributed by atoms with Crippen LogP contribution in [0.3, 0.4) is 0 Å². The highest BCUT2D eigenvalue weighted by Crippen LogP contribution is 2.29. The third-order valence-electron chi connectivity index (χ3n) is 3.30. The van der Waals surface area contributed by atoms with Crippen molar-refractivity contribution >= 4 is 11.6 Å². The Morgan fingerprint density at radius 1 is 1.44 bits per heavy atom. The Morgan fingerprint density at radius 2 is 2.19 bits per heavy atom. The fourth-order valence-electron chi connectivity index (χ4n) is 2.39. The van der Waals surface area contributed by atoms with Gasteiger partial charge in [0.05, 0.1) is 0 Å². The molecular formula is C14H19NO. The number of hydrogen-bond acceptors (Lipinski definition) is 1. The van der Waals surface area contributed by atoms with Gasteiger partial charge in [-0.15, -0.1) is 0 Å². The minimum Gasteiger partial charge on any atom is -0.312 e. The van der Waals surface area contributed by atoms with E-state index in [9.17, 15) is 4.79 Å². The summed E-state index contributed by atoms with van der Waals surface area (Å²) in [5.41, 5.74) is 2.43. The van der Waals surface area contributed by atoms with E-state index in [0.717, 1.165) is 31.5 Å². The highest BCUT2D eigenvalue weighted by atomic mass is 16.2. The van der Waals surface area contributed by atoms with E-state index in [1.165, 1.54) is 5.56 Å². The third kappa shape index (κ3) is 1.97. The SMILES string of the molecule is CCCC(C)C(=O)N1CCc2ccccc21. The van der Waals surface area contributed by atoms with Crippen molar-refractivity contribution in [3.8, 4) is 0 Å². The summed E-state index contributed by atoms with van der Waals surface area (Å²) in [4.78, 5) is 14.2. The topological polar surface area (TPSA) is 20.3 Å². The van der Waals surface area contributed by atoms with Gasteiger partial charge in [-0.3, -0.25) is 4.79 Å². The Balaban J connectivity index is 2.16. The molecule has 2 nitrogen and oxygen atoms in total. The van der Waals surface area contributed by atoms with Crippen molar-refractivity contribution in [2.75, 3.05) is 11.4 Å². The van der Waals surface area contributed by atoms with Crippen LogP contribution in [-0.4, -0.2) is 12.5 Å². The molecule has 0 N–H and O–H groups in total. The molecule has 86 valence electrons. The number of nitrogens with zero attached hydrogens (tertiary/aromatic N) is 1. The molecule has 1 aliphatic heterocycles. The van der Waals surface area contributed by atoms with Crippen molar-refractivity contribution in [1.29, 1.82) is 0 Å². The number of para-hydroxylation sites is 1. The maximum absolute atomic E-state index is 12.2. The van der Waals surface area contributed by atoms with Crippen LogP contribution in [0, 0.1) is 5.92 Å². The zero-order valence-corrected chi connectivity index (χ0v) is 10.1. The average Bonchev–Trinajstić information content (AvgIpc) is 2.72. The van der Waals surface area contributed by atoms with Crippen LogP contribution in [-0.2, 0) is 11.2 Å². The van der Waals surface area contributed by atoms with Gasteiger partial charge in [0.1, 0.15) is 0 Å². The average molecular weight is 217 g/mol. The minimum absolute atomic E-state index is 0.149. The van der Waals surface area contributed by atoms with Crippen molar-refractivity contribution in [2.24, 2.45) is 5.92 Å². The molecule has 1 heterocycles. The van der Waals surface area contributed by atoms with Gasteiger partial charge in [-0.05, 0) is 24.5 Å². The van der Waals surface area contributed by atoms with E-state index in [-0.39, 0.29) is 11.8 Å². The van der Waals surface area contributed by atoms with Crippen molar-refractivity contribution in [3.63, 3.8) is 0 Å². The molecule has 0 saturated carbocycles. The summed E-state index contributed by atoms with van der Waals surface area (Å²) in [6.45, 7) is 5.01. The summed E-state index contributed by atoms with van der Waals surface area (Å²) in [5, 5.41) is 0. The number of hydrogen-bond donors (Lipinski definition) is 0. The van der Waals surface area contributed by atoms with Gasteiger partial charge in [-0.1, -0.05) is 38.5 Å². The summed E-state index contributed by atoms with van der Waals surface area (Å²) in [5.74, 6) is 0.433. The Labute approximate surface area is 97.3 Å². The van der Waals surface area contributed by atoms with Gasteiger partial charge in [0, 0.05) is 18.2 Å². The first kappa shape index (κ1) is 11.2. The number of fused-ring (bicyclic) bond motifs is 1. The molecule has 16 heavy (non-hydrogen) atoms. The lowest BCUT2D eigenvalue weighted by molar-refractivity contribution is -0.122. The van der Waals surface area contributed by atoms with Crippen LogP contribution in [0.4, 0.5) is 5.69 Å². The van der Waals surface area contributed by atoms with E-state index in [4.69, 9.17) is 0 Å². The fraction of sp³-hybridized carbons (Fsp3) is 0.500. The molecule has 0 aromatic heterocycles. The smallest absolute Gasteiger partial charge is 0.229 e. The van der Waals surface area contributed by atoms with Crippen LogP contribution in [0.1, 0.15) is 32.3 Å². The molecule has 0 fully saturated rings. The molecular weight excluding hydrogens is 198 g/mol. The molecule has 2 rings (SSSR count). The highest BCUT2D eigenvalue weighted by Gasteiger charge is 2.26. The summed E-state index contributed by atoms with van der Waals surface area (Å²) < 4.78 is 0. The van der Waals surface area contributed by atoms with Crippen molar-refractivity contribution in [3.05, 3.63) is 29.8 Å². The van der Waals surface area contributed by atoms with Gasteiger partial charge in [0.15, 0.2) is 0 Å². The predicted octanol–water partition coefficient (Wildman–Crippen LogP) is 3.01. The van der Waals surface area contributed by atoms with E-state index in [1.807, 2.05) is 24.0 Å². The van der Waals surface area contributed by atoms with Crippen LogP contribution in [0.5, 0.6) is 0 Å². The van der Waals surface area contributed by atoms with Crippen molar-refractivity contribution in [1.82, 2.24) is 0 Å². The third-order valence-corrected chi connectivity index (χ3v) is 3.30. The Hall–Kier alpha value is -1.31. The number of rotatable bonds is 3. The van der Waals surface area contributed by atoms with Crippen LogP contribution in [0.25, 0.3) is 0 Å². The van der Waals surface area contributed by atoms with E-state index >= 15 is 0 Å². The van der Waals surface area contributed by atoms with Gasteiger partial charge in [0.25, 0.3) is 0 Å². The van der Waals surface area contributed by atoms with Crippen LogP contribution < -0.4 is 4.90 Å². The maximum Gasteiger partial charge on any atom is 0.229 e. The maximum atomic E-state index is 12.2. The Morgan fingerprint density at radius 3 is 2.94 bits per heavy atom. The molecule has 0 aliphatic carbocycles. The van der Waals surface area contributed by atoms with Gasteiger partial charge in [0.2, 0.25) is 5.91 Å². The molecule has 1 aromatic carbocycles. The van der Waals surface area contributed by atoms with Gasteiger partial charge >= 0.3 is 0 Å². The second-order valence-corrected chi connectivity index (χ2v) is 4.56. The van der Waals surface area contributed by atoms with Crippen LogP contribution >= 0.6 is 0 Å². The summed E-state index contributed by atoms with van der Waals surface area (Å²) >= 11 is 0. The van der Waals surface area contributed by atoms with Crippen molar-refractivity contribution in [2.45, 2.75) is 33.1 Å². The van der Waals surface area contributed by atoms with E-state index in [2.05, 4.69) is 19.1 Å². The largest absolute Gasteiger partial charge is 0.312 e. The van der Waals surface area contributed by atoms with E-state index in [0.29, 0.717) is 0 Å². The van der Waals surface area contributed by atoms with Gasteiger partial charge in [-0.25, -0.2) is 0 Å². The molecule has 1 amide bonds. The van der Waals surface area contributed by atoms with Crippen molar-refractivity contribution < 1.29 is 4.79 Å². The molecule has 1 unspecified atom stereocenters. The van der Waals surface area contributed by atoms with Gasteiger partial charge < -0.3 is 4.90 Å². The summed E-state index contributed by atoms with van der Waals surface area (Å²) in [6.07, 6.45) is 3.06. The fourth-order valence-corrected chi connectivity index (χ4v) is 2.39. The Kier molecular flexibility index (Phi) is 3.28. The predicted molar refractivity (Wildman–Crippen MR) is 66.6 cm³/mol. The normalized spacial score (nSPS) is 16.0. The second kappa shape index (κ2) is 4.69. The van der Waals surface area contributed by atoms with E-state index in [1.54, 1.807) is 0 Å². The number of benzene rings is 1. The molecule has 0 saturated heterocycles. The van der Waals surface area contributed by atoms with Crippen LogP contribution in [0.15, 0.2) is 24.3 Å². The molecule has 0 bridgehead atoms. The number of anilines is 1. The standard InChI is InChI=1S/C14H19NO/c1-3-6-11(2)14(16)15-10-9-12-7-4-5-8-13(12)15/h4-5,7-8,11H,3,6,9-10H2,1-2H3. The lowest BCUT2D eigenvalue weighted by atomic mass is 10.0. The zero-order valence-electron chi connectivity index (χ0n) is 10.1. The monoisotopic (exact) mass is 217 g/mol. The highest BCUT2D eigenvalue weighted by molar-refractivity contribution is 5.96. The minimum atomic E-state index is 0.149. The van der Waals surface area contributed by atoms with Crippen LogP contribution in [0.2, 0.25) is 0 Å². The first-order valence-corrected chi connectivity index (χ1v) is 6.13. The molecule has 0 radical (unpaired) electrons. The quantitative estimate of drug-likeness (QED) is 0.762. The van der Waals surface area contributed by atoms with Gasteiger partial charge in [-0.2, -0.15) is 0 Å². The summed E-state index contributed by atoms with van der Waals surface area (Å²) in [7, 11) is 0. The first-order valence-electron chi connectivity index (χ1n) is 6.13. The lowest BCUT2D eigenvalue weighted by Gasteiger charge is -2.21. The first-order chi connectivity index (χ1) is 7.74. The molecule has 2 heteroatoms. The molecule has 1 atom stereocenters. The Bertz CT molecular complexity index is 386. The zero-order chi connectivity index (χ0) is 11.5. The second-order valence-electron chi connectivity index (χ2n) is 4.56. The number of amides is 1. The number of carbonyl (C=O) groups excluding carboxylic acids is 1. The van der Waals surface area contributed by atoms with E-state index < -0.39 is 0 Å². The molecule has 1 aliphatic rings. The molecule has 1 aromatic rings. The lowest BCUT2D eigenvalue weighted by Crippen LogP contribution is -2.33. The summed E-state index contributed by atoms with van der Waals surface area (Å²) in [6, 6.07) is 8.23. The number of carbonyl (C=O) groups is 1.